The number of Topliss-reactive ketones (excluding diaryl/α,β-unsaturated/α-hetero) is 1. The minimum Gasteiger partial charge on any atom is -0.324 e. The fourth-order valence-corrected chi connectivity index (χ4v) is 2.30. The molecule has 0 rings (SSSR count). The second-order valence-corrected chi connectivity index (χ2v) is 5.32. The smallest absolute Gasteiger partial charge is 0.134 e. The van der Waals surface area contributed by atoms with Crippen LogP contribution >= 0.6 is 0 Å². The first kappa shape index (κ1) is 18.1. The molecule has 2 atom stereocenters. The quantitative estimate of drug-likeness (QED) is 0.618. The number of rotatable bonds is 10. The number of terminal acetylenes is 1. The molecule has 2 N–H and O–H groups in total. The standard InChI is InChI=1S/C16H30N2O/c1-6-11-14(7-2)18(10-5)13-16(17,9-4)12-15(19)8-3/h2,14H,6,8-13,17H2,1,3-5H3. The number of carbonyl (C=O) groups excluding carboxylic acids is 1. The van der Waals surface area contributed by atoms with Crippen molar-refractivity contribution in [1.29, 1.82) is 0 Å². The lowest BCUT2D eigenvalue weighted by Crippen LogP contribution is -2.53. The average Bonchev–Trinajstić information content (AvgIpc) is 2.42. The molecule has 0 aromatic heterocycles. The molecule has 0 aliphatic carbocycles. The lowest BCUT2D eigenvalue weighted by Gasteiger charge is -2.36. The molecule has 0 aromatic carbocycles. The zero-order valence-corrected chi connectivity index (χ0v) is 13.0. The molecule has 110 valence electrons. The maximum Gasteiger partial charge on any atom is 0.134 e. The van der Waals surface area contributed by atoms with Gasteiger partial charge in [-0.15, -0.1) is 6.42 Å². The van der Waals surface area contributed by atoms with E-state index in [0.29, 0.717) is 19.4 Å². The molecule has 2 unspecified atom stereocenters. The highest BCUT2D eigenvalue weighted by atomic mass is 16.1. The number of nitrogens with two attached hydrogens (primary N) is 1. The van der Waals surface area contributed by atoms with Crippen molar-refractivity contribution < 1.29 is 4.79 Å². The van der Waals surface area contributed by atoms with E-state index in [2.05, 4.69) is 24.7 Å². The number of likely N-dealkylation sites (N-methyl/N-ethyl adjacent to an activating group) is 1. The van der Waals surface area contributed by atoms with Crippen molar-refractivity contribution in [3.63, 3.8) is 0 Å². The minimum atomic E-state index is -0.452. The fraction of sp³-hybridized carbons (Fsp3) is 0.812. The molecule has 0 saturated carbocycles. The van der Waals surface area contributed by atoms with Crippen LogP contribution in [0, 0.1) is 12.3 Å². The van der Waals surface area contributed by atoms with Crippen LogP contribution in [-0.2, 0) is 4.79 Å². The molecule has 3 nitrogen and oxygen atoms in total. The Balaban J connectivity index is 4.80. The number of nitrogens with zero attached hydrogens (tertiary/aromatic N) is 1. The van der Waals surface area contributed by atoms with E-state index in [9.17, 15) is 4.79 Å². The summed E-state index contributed by atoms with van der Waals surface area (Å²) < 4.78 is 0. The van der Waals surface area contributed by atoms with Crippen LogP contribution < -0.4 is 5.73 Å². The zero-order chi connectivity index (χ0) is 14.9. The lowest BCUT2D eigenvalue weighted by atomic mass is 9.89. The summed E-state index contributed by atoms with van der Waals surface area (Å²) in [7, 11) is 0. The Labute approximate surface area is 118 Å². The molecule has 0 amide bonds. The summed E-state index contributed by atoms with van der Waals surface area (Å²) in [6, 6.07) is 0.126. The van der Waals surface area contributed by atoms with Crippen LogP contribution in [0.3, 0.4) is 0 Å². The van der Waals surface area contributed by atoms with Crippen molar-refractivity contribution in [3.8, 4) is 12.3 Å². The zero-order valence-electron chi connectivity index (χ0n) is 13.0. The van der Waals surface area contributed by atoms with Gasteiger partial charge in [-0.25, -0.2) is 0 Å². The van der Waals surface area contributed by atoms with Gasteiger partial charge in [0, 0.05) is 24.9 Å². The van der Waals surface area contributed by atoms with Gasteiger partial charge in [0.15, 0.2) is 0 Å². The van der Waals surface area contributed by atoms with E-state index in [0.717, 1.165) is 25.8 Å². The normalized spacial score (nSPS) is 15.8. The number of carbonyl (C=O) groups is 1. The van der Waals surface area contributed by atoms with Crippen molar-refractivity contribution in [2.45, 2.75) is 71.4 Å². The summed E-state index contributed by atoms with van der Waals surface area (Å²) in [6.07, 6.45) is 9.45. The summed E-state index contributed by atoms with van der Waals surface area (Å²) in [5.74, 6) is 3.08. The summed E-state index contributed by atoms with van der Waals surface area (Å²) >= 11 is 0. The Morgan fingerprint density at radius 3 is 2.37 bits per heavy atom. The molecule has 0 aliphatic heterocycles. The summed E-state index contributed by atoms with van der Waals surface area (Å²) in [4.78, 5) is 13.9. The summed E-state index contributed by atoms with van der Waals surface area (Å²) in [5.41, 5.74) is 5.96. The molecule has 0 spiro atoms. The van der Waals surface area contributed by atoms with E-state index in [1.54, 1.807) is 0 Å². The van der Waals surface area contributed by atoms with Crippen molar-refractivity contribution >= 4 is 5.78 Å². The van der Waals surface area contributed by atoms with Gasteiger partial charge in [-0.05, 0) is 19.4 Å². The molecule has 0 aliphatic rings. The van der Waals surface area contributed by atoms with Crippen LogP contribution in [-0.4, -0.2) is 35.4 Å². The Bertz CT molecular complexity index is 308. The highest BCUT2D eigenvalue weighted by Crippen LogP contribution is 2.18. The van der Waals surface area contributed by atoms with Crippen LogP contribution in [0.15, 0.2) is 0 Å². The first-order valence-electron chi connectivity index (χ1n) is 7.47. The molecule has 0 fully saturated rings. The predicted molar refractivity (Wildman–Crippen MR) is 81.9 cm³/mol. The fourth-order valence-electron chi connectivity index (χ4n) is 2.30. The van der Waals surface area contributed by atoms with Crippen LogP contribution in [0.4, 0.5) is 0 Å². The minimum absolute atomic E-state index is 0.126. The van der Waals surface area contributed by atoms with Crippen LogP contribution in [0.2, 0.25) is 0 Å². The highest BCUT2D eigenvalue weighted by molar-refractivity contribution is 5.79. The number of ketones is 1. The molecular formula is C16H30N2O. The molecule has 19 heavy (non-hydrogen) atoms. The van der Waals surface area contributed by atoms with Gasteiger partial charge in [-0.2, -0.15) is 0 Å². The van der Waals surface area contributed by atoms with E-state index in [4.69, 9.17) is 12.2 Å². The Hall–Kier alpha value is -0.850. The first-order chi connectivity index (χ1) is 8.96. The molecule has 0 radical (unpaired) electrons. The van der Waals surface area contributed by atoms with Crippen LogP contribution in [0.5, 0.6) is 0 Å². The third kappa shape index (κ3) is 6.22. The second kappa shape index (κ2) is 9.12. The second-order valence-electron chi connectivity index (χ2n) is 5.32. The van der Waals surface area contributed by atoms with E-state index in [1.807, 2.05) is 13.8 Å². The topological polar surface area (TPSA) is 46.3 Å². The van der Waals surface area contributed by atoms with Crippen molar-refractivity contribution in [2.75, 3.05) is 13.1 Å². The predicted octanol–water partition coefficient (Wildman–Crippen LogP) is 2.59. The lowest BCUT2D eigenvalue weighted by molar-refractivity contribution is -0.120. The van der Waals surface area contributed by atoms with E-state index < -0.39 is 5.54 Å². The monoisotopic (exact) mass is 266 g/mol. The third-order valence-electron chi connectivity index (χ3n) is 3.77. The van der Waals surface area contributed by atoms with E-state index >= 15 is 0 Å². The maximum absolute atomic E-state index is 11.7. The average molecular weight is 266 g/mol. The molecule has 0 saturated heterocycles. The Kier molecular flexibility index (Phi) is 8.71. The van der Waals surface area contributed by atoms with Gasteiger partial charge >= 0.3 is 0 Å². The number of hydrogen-bond donors (Lipinski definition) is 1. The van der Waals surface area contributed by atoms with Gasteiger partial charge in [-0.1, -0.05) is 40.0 Å². The molecule has 0 aromatic rings. The number of hydrogen-bond acceptors (Lipinski definition) is 3. The summed E-state index contributed by atoms with van der Waals surface area (Å²) in [5, 5.41) is 0. The van der Waals surface area contributed by atoms with Crippen LogP contribution in [0.25, 0.3) is 0 Å². The first-order valence-corrected chi connectivity index (χ1v) is 7.47. The van der Waals surface area contributed by atoms with Crippen molar-refractivity contribution in [3.05, 3.63) is 0 Å². The maximum atomic E-state index is 11.7. The van der Waals surface area contributed by atoms with Gasteiger partial charge in [0.2, 0.25) is 0 Å². The van der Waals surface area contributed by atoms with Gasteiger partial charge in [0.05, 0.1) is 6.04 Å². The highest BCUT2D eigenvalue weighted by Gasteiger charge is 2.29. The Morgan fingerprint density at radius 2 is 2.00 bits per heavy atom. The van der Waals surface area contributed by atoms with Crippen molar-refractivity contribution in [2.24, 2.45) is 5.73 Å². The molecule has 0 heterocycles. The van der Waals surface area contributed by atoms with Gasteiger partial charge in [0.1, 0.15) is 5.78 Å². The Morgan fingerprint density at radius 1 is 1.37 bits per heavy atom. The van der Waals surface area contributed by atoms with E-state index in [1.165, 1.54) is 0 Å². The van der Waals surface area contributed by atoms with Gasteiger partial charge in [0.25, 0.3) is 0 Å². The third-order valence-corrected chi connectivity index (χ3v) is 3.77. The largest absolute Gasteiger partial charge is 0.324 e. The SMILES string of the molecule is C#CC(CCC)N(CC)CC(N)(CC)CC(=O)CC. The van der Waals surface area contributed by atoms with Gasteiger partial charge < -0.3 is 5.73 Å². The summed E-state index contributed by atoms with van der Waals surface area (Å²) in [6.45, 7) is 9.72. The van der Waals surface area contributed by atoms with Crippen LogP contribution in [0.1, 0.15) is 59.8 Å². The molecular weight excluding hydrogens is 236 g/mol. The van der Waals surface area contributed by atoms with Crippen molar-refractivity contribution in [1.82, 2.24) is 4.90 Å². The van der Waals surface area contributed by atoms with Gasteiger partial charge in [-0.3, -0.25) is 9.69 Å². The van der Waals surface area contributed by atoms with E-state index in [-0.39, 0.29) is 11.8 Å². The molecule has 0 bridgehead atoms. The molecule has 3 heteroatoms.